The summed E-state index contributed by atoms with van der Waals surface area (Å²) in [6, 6.07) is 0. The van der Waals surface area contributed by atoms with Crippen molar-refractivity contribution in [1.29, 1.82) is 0 Å². The van der Waals surface area contributed by atoms with Gasteiger partial charge in [0.05, 0.1) is 0 Å². The largest absolute Gasteiger partial charge is 0.303 e. The van der Waals surface area contributed by atoms with Gasteiger partial charge in [-0.15, -0.1) is 0 Å². The van der Waals surface area contributed by atoms with E-state index in [2.05, 4.69) is 18.7 Å². The smallest absolute Gasteiger partial charge is 0.127 e. The van der Waals surface area contributed by atoms with Crippen LogP contribution in [0.4, 0.5) is 0 Å². The van der Waals surface area contributed by atoms with Crippen molar-refractivity contribution < 1.29 is 4.79 Å². The minimum absolute atomic E-state index is 0.0103. The monoisotopic (exact) mass is 237 g/mol. The summed E-state index contributed by atoms with van der Waals surface area (Å²) in [4.78, 5) is 14.1. The van der Waals surface area contributed by atoms with Gasteiger partial charge >= 0.3 is 0 Å². The molecule has 17 heavy (non-hydrogen) atoms. The van der Waals surface area contributed by atoms with E-state index in [9.17, 15) is 4.79 Å². The number of hydrogen-bond acceptors (Lipinski definition) is 2. The number of nitrogens with zero attached hydrogens (tertiary/aromatic N) is 1. The number of hydrogen-bond donors (Lipinski definition) is 0. The highest BCUT2D eigenvalue weighted by molar-refractivity contribution is 5.60. The van der Waals surface area contributed by atoms with Gasteiger partial charge in [0.15, 0.2) is 0 Å². The molecule has 1 aliphatic heterocycles. The normalized spacial score (nSPS) is 40.1. The molecule has 0 aromatic heterocycles. The summed E-state index contributed by atoms with van der Waals surface area (Å²) in [5.41, 5.74) is -0.0103. The molecule has 2 aliphatic rings. The average molecular weight is 237 g/mol. The Balaban J connectivity index is 1.92. The maximum atomic E-state index is 11.5. The molecular weight excluding hydrogens is 210 g/mol. The van der Waals surface area contributed by atoms with E-state index in [1.54, 1.807) is 0 Å². The molecule has 2 heteroatoms. The zero-order valence-electron chi connectivity index (χ0n) is 11.5. The molecule has 2 rings (SSSR count). The van der Waals surface area contributed by atoms with Crippen molar-refractivity contribution in [2.24, 2.45) is 17.3 Å². The second-order valence-corrected chi connectivity index (χ2v) is 6.65. The average Bonchev–Trinajstić information content (AvgIpc) is 2.33. The lowest BCUT2D eigenvalue weighted by Gasteiger charge is -2.41. The zero-order valence-corrected chi connectivity index (χ0v) is 11.5. The molecule has 0 amide bonds. The van der Waals surface area contributed by atoms with Gasteiger partial charge in [0.2, 0.25) is 0 Å². The van der Waals surface area contributed by atoms with Crippen molar-refractivity contribution >= 4 is 6.29 Å². The lowest BCUT2D eigenvalue weighted by atomic mass is 9.71. The molecule has 2 nitrogen and oxygen atoms in total. The van der Waals surface area contributed by atoms with Crippen molar-refractivity contribution in [2.45, 2.75) is 52.4 Å². The number of carbonyl (C=O) groups is 1. The van der Waals surface area contributed by atoms with Gasteiger partial charge in [-0.25, -0.2) is 0 Å². The highest BCUT2D eigenvalue weighted by Gasteiger charge is 2.36. The summed E-state index contributed by atoms with van der Waals surface area (Å²) in [6.45, 7) is 8.08. The van der Waals surface area contributed by atoms with Crippen LogP contribution >= 0.6 is 0 Å². The summed E-state index contributed by atoms with van der Waals surface area (Å²) >= 11 is 0. The van der Waals surface area contributed by atoms with Gasteiger partial charge in [-0.1, -0.05) is 13.8 Å². The maximum Gasteiger partial charge on any atom is 0.127 e. The number of piperidine rings is 1. The molecular formula is C15H27NO. The molecule has 1 unspecified atom stereocenters. The third kappa shape index (κ3) is 3.31. The van der Waals surface area contributed by atoms with Gasteiger partial charge in [-0.05, 0) is 56.9 Å². The Morgan fingerprint density at radius 1 is 1.18 bits per heavy atom. The molecule has 98 valence electrons. The van der Waals surface area contributed by atoms with Gasteiger partial charge in [0, 0.05) is 18.5 Å². The highest BCUT2D eigenvalue weighted by atomic mass is 16.1. The Morgan fingerprint density at radius 3 is 2.47 bits per heavy atom. The molecule has 0 radical (unpaired) electrons. The van der Waals surface area contributed by atoms with Crippen LogP contribution < -0.4 is 0 Å². The minimum atomic E-state index is -0.0103. The highest BCUT2D eigenvalue weighted by Crippen LogP contribution is 2.38. The van der Waals surface area contributed by atoms with Crippen molar-refractivity contribution in [3.63, 3.8) is 0 Å². The SMILES string of the molecule is CC1CCC(C=O)(CN2CCCC(C)C2)CC1. The number of aldehydes is 1. The quantitative estimate of drug-likeness (QED) is 0.703. The second-order valence-electron chi connectivity index (χ2n) is 6.65. The molecule has 1 saturated heterocycles. The molecule has 0 aromatic rings. The maximum absolute atomic E-state index is 11.5. The van der Waals surface area contributed by atoms with E-state index in [0.29, 0.717) is 0 Å². The Labute approximate surface area is 106 Å². The van der Waals surface area contributed by atoms with Gasteiger partial charge in [0.1, 0.15) is 6.29 Å². The van der Waals surface area contributed by atoms with Gasteiger partial charge < -0.3 is 9.69 Å². The standard InChI is InChI=1S/C15H27NO/c1-13-5-7-15(12-17,8-6-13)11-16-9-3-4-14(2)10-16/h12-14H,3-11H2,1-2H3. The Hall–Kier alpha value is -0.370. The van der Waals surface area contributed by atoms with Gasteiger partial charge in [-0.2, -0.15) is 0 Å². The van der Waals surface area contributed by atoms with Crippen molar-refractivity contribution in [2.75, 3.05) is 19.6 Å². The van der Waals surface area contributed by atoms with Crippen LogP contribution in [0.1, 0.15) is 52.4 Å². The van der Waals surface area contributed by atoms with Crippen LogP contribution in [0, 0.1) is 17.3 Å². The van der Waals surface area contributed by atoms with E-state index in [-0.39, 0.29) is 5.41 Å². The van der Waals surface area contributed by atoms with Crippen LogP contribution in [-0.2, 0) is 4.79 Å². The van der Waals surface area contributed by atoms with Crippen LogP contribution in [0.15, 0.2) is 0 Å². The fourth-order valence-corrected chi connectivity index (χ4v) is 3.53. The molecule has 1 heterocycles. The van der Waals surface area contributed by atoms with Crippen LogP contribution in [-0.4, -0.2) is 30.8 Å². The summed E-state index contributed by atoms with van der Waals surface area (Å²) in [6.07, 6.45) is 8.65. The van der Waals surface area contributed by atoms with Crippen LogP contribution in [0.3, 0.4) is 0 Å². The summed E-state index contributed by atoms with van der Waals surface area (Å²) < 4.78 is 0. The molecule has 1 saturated carbocycles. The van der Waals surface area contributed by atoms with Crippen molar-refractivity contribution in [3.05, 3.63) is 0 Å². The Kier molecular flexibility index (Phi) is 4.24. The lowest BCUT2D eigenvalue weighted by molar-refractivity contribution is -0.120. The molecule has 0 spiro atoms. The van der Waals surface area contributed by atoms with E-state index in [0.717, 1.165) is 31.2 Å². The van der Waals surface area contributed by atoms with E-state index >= 15 is 0 Å². The van der Waals surface area contributed by atoms with Gasteiger partial charge in [0.25, 0.3) is 0 Å². The summed E-state index contributed by atoms with van der Waals surface area (Å²) in [5.74, 6) is 1.64. The fourth-order valence-electron chi connectivity index (χ4n) is 3.53. The first kappa shape index (κ1) is 13.1. The lowest BCUT2D eigenvalue weighted by Crippen LogP contribution is -2.45. The zero-order chi connectivity index (χ0) is 12.3. The topological polar surface area (TPSA) is 20.3 Å². The summed E-state index contributed by atoms with van der Waals surface area (Å²) in [7, 11) is 0. The van der Waals surface area contributed by atoms with Crippen LogP contribution in [0.2, 0.25) is 0 Å². The van der Waals surface area contributed by atoms with Gasteiger partial charge in [-0.3, -0.25) is 0 Å². The van der Waals surface area contributed by atoms with E-state index in [1.165, 1.54) is 45.1 Å². The minimum Gasteiger partial charge on any atom is -0.303 e. The second kappa shape index (κ2) is 5.51. The molecule has 0 aromatic carbocycles. The predicted molar refractivity (Wildman–Crippen MR) is 71.0 cm³/mol. The first-order valence-electron chi connectivity index (χ1n) is 7.32. The molecule has 0 bridgehead atoms. The van der Waals surface area contributed by atoms with E-state index in [4.69, 9.17) is 0 Å². The van der Waals surface area contributed by atoms with Crippen LogP contribution in [0.25, 0.3) is 0 Å². The summed E-state index contributed by atoms with van der Waals surface area (Å²) in [5, 5.41) is 0. The van der Waals surface area contributed by atoms with Crippen molar-refractivity contribution in [3.8, 4) is 0 Å². The third-order valence-corrected chi connectivity index (χ3v) is 4.80. The first-order valence-corrected chi connectivity index (χ1v) is 7.32. The van der Waals surface area contributed by atoms with Crippen molar-refractivity contribution in [1.82, 2.24) is 4.90 Å². The molecule has 2 fully saturated rings. The number of carbonyl (C=O) groups excluding carboxylic acids is 1. The number of rotatable bonds is 3. The third-order valence-electron chi connectivity index (χ3n) is 4.80. The predicted octanol–water partition coefficient (Wildman–Crippen LogP) is 3.11. The molecule has 1 atom stereocenters. The fraction of sp³-hybridized carbons (Fsp3) is 0.933. The Morgan fingerprint density at radius 2 is 1.88 bits per heavy atom. The molecule has 1 aliphatic carbocycles. The van der Waals surface area contributed by atoms with E-state index < -0.39 is 0 Å². The van der Waals surface area contributed by atoms with Crippen LogP contribution in [0.5, 0.6) is 0 Å². The Bertz CT molecular complexity index is 256. The first-order chi connectivity index (χ1) is 8.13. The molecule has 0 N–H and O–H groups in total. The van der Waals surface area contributed by atoms with E-state index in [1.807, 2.05) is 0 Å². The number of likely N-dealkylation sites (tertiary alicyclic amines) is 1.